The van der Waals surface area contributed by atoms with Gasteiger partial charge in [0.25, 0.3) is 0 Å². The Morgan fingerprint density at radius 3 is 2.00 bits per heavy atom. The number of hydrogen-bond acceptors (Lipinski definition) is 3. The molecule has 0 unspecified atom stereocenters. The van der Waals surface area contributed by atoms with Crippen LogP contribution in [0.2, 0.25) is 0 Å². The largest absolute Gasteiger partial charge is 0.456 e. The van der Waals surface area contributed by atoms with Gasteiger partial charge in [0.15, 0.2) is 0 Å². The van der Waals surface area contributed by atoms with Crippen molar-refractivity contribution in [2.45, 2.75) is 6.92 Å². The van der Waals surface area contributed by atoms with E-state index in [0.29, 0.717) is 0 Å². The molecule has 0 saturated heterocycles. The fraction of sp³-hybridized carbons (Fsp3) is 0.0213. The molecule has 2 heterocycles. The molecular formula is C47H33NO2. The van der Waals surface area contributed by atoms with E-state index in [9.17, 15) is 0 Å². The lowest BCUT2D eigenvalue weighted by atomic mass is 10.0. The Morgan fingerprint density at radius 2 is 1.20 bits per heavy atom. The zero-order valence-electron chi connectivity index (χ0n) is 27.6. The predicted octanol–water partition coefficient (Wildman–Crippen LogP) is 13.6. The van der Waals surface area contributed by atoms with Crippen molar-refractivity contribution in [2.75, 3.05) is 4.90 Å². The van der Waals surface area contributed by atoms with Gasteiger partial charge in [-0.1, -0.05) is 122 Å². The Balaban J connectivity index is 1.10. The first-order valence-electron chi connectivity index (χ1n) is 16.9. The molecule has 0 spiro atoms. The summed E-state index contributed by atoms with van der Waals surface area (Å²) in [5.41, 5.74) is 10.9. The lowest BCUT2D eigenvalue weighted by Gasteiger charge is -2.27. The van der Waals surface area contributed by atoms with Gasteiger partial charge in [-0.15, -0.1) is 0 Å². The van der Waals surface area contributed by atoms with Crippen LogP contribution in [-0.2, 0) is 0 Å². The summed E-state index contributed by atoms with van der Waals surface area (Å²) in [6, 6.07) is 52.9. The van der Waals surface area contributed by atoms with Crippen molar-refractivity contribution in [3.63, 3.8) is 0 Å². The third-order valence-electron chi connectivity index (χ3n) is 9.59. The van der Waals surface area contributed by atoms with Crippen molar-refractivity contribution in [1.82, 2.24) is 0 Å². The number of anilines is 2. The fourth-order valence-electron chi connectivity index (χ4n) is 7.04. The van der Waals surface area contributed by atoms with Crippen LogP contribution in [0.5, 0.6) is 0 Å². The predicted molar refractivity (Wildman–Crippen MR) is 211 cm³/mol. The average molecular weight is 644 g/mol. The molecule has 7 aromatic carbocycles. The van der Waals surface area contributed by atoms with E-state index in [-0.39, 0.29) is 0 Å². The molecule has 0 aliphatic carbocycles. The minimum absolute atomic E-state index is 0.878. The van der Waals surface area contributed by atoms with E-state index < -0.39 is 0 Å². The van der Waals surface area contributed by atoms with Gasteiger partial charge in [0.1, 0.15) is 22.3 Å². The molecular weight excluding hydrogens is 611 g/mol. The van der Waals surface area contributed by atoms with Crippen LogP contribution in [0, 0.1) is 0 Å². The van der Waals surface area contributed by atoms with Crippen LogP contribution in [0.15, 0.2) is 191 Å². The van der Waals surface area contributed by atoms with E-state index in [1.54, 1.807) is 0 Å². The maximum absolute atomic E-state index is 6.37. The normalized spacial score (nSPS) is 12.2. The highest BCUT2D eigenvalue weighted by molar-refractivity contribution is 6.09. The molecule has 3 nitrogen and oxygen atoms in total. The summed E-state index contributed by atoms with van der Waals surface area (Å²) < 4.78 is 12.4. The summed E-state index contributed by atoms with van der Waals surface area (Å²) in [6.07, 6.45) is 6.40. The van der Waals surface area contributed by atoms with Crippen molar-refractivity contribution >= 4 is 71.6 Å². The smallest absolute Gasteiger partial charge is 0.143 e. The Hall–Kier alpha value is -6.58. The molecule has 0 aliphatic heterocycles. The third-order valence-corrected chi connectivity index (χ3v) is 9.59. The van der Waals surface area contributed by atoms with Crippen LogP contribution in [-0.4, -0.2) is 0 Å². The number of benzene rings is 7. The van der Waals surface area contributed by atoms with Crippen LogP contribution in [0.1, 0.15) is 12.5 Å². The van der Waals surface area contributed by atoms with Crippen molar-refractivity contribution in [2.24, 2.45) is 0 Å². The lowest BCUT2D eigenvalue weighted by molar-refractivity contribution is 0.669. The van der Waals surface area contributed by atoms with Crippen LogP contribution in [0.4, 0.5) is 11.4 Å². The molecule has 0 fully saturated rings. The second-order valence-corrected chi connectivity index (χ2v) is 12.6. The Morgan fingerprint density at radius 1 is 0.540 bits per heavy atom. The number of hydrogen-bond donors (Lipinski definition) is 0. The second kappa shape index (κ2) is 12.1. The first-order chi connectivity index (χ1) is 24.6. The molecule has 9 aromatic rings. The summed E-state index contributed by atoms with van der Waals surface area (Å²) in [5, 5.41) is 6.85. The third kappa shape index (κ3) is 5.08. The molecule has 2 aromatic heterocycles. The van der Waals surface area contributed by atoms with Gasteiger partial charge < -0.3 is 13.7 Å². The number of para-hydroxylation sites is 3. The summed E-state index contributed by atoms with van der Waals surface area (Å²) in [4.78, 5) is 2.30. The first kappa shape index (κ1) is 29.6. The summed E-state index contributed by atoms with van der Waals surface area (Å²) >= 11 is 0. The van der Waals surface area contributed by atoms with Gasteiger partial charge >= 0.3 is 0 Å². The Kier molecular flexibility index (Phi) is 7.18. The van der Waals surface area contributed by atoms with Gasteiger partial charge in [-0.3, -0.25) is 0 Å². The van der Waals surface area contributed by atoms with Crippen LogP contribution >= 0.6 is 0 Å². The van der Waals surface area contributed by atoms with E-state index in [1.165, 1.54) is 10.8 Å². The minimum atomic E-state index is 0.878. The van der Waals surface area contributed by atoms with Crippen molar-refractivity contribution < 1.29 is 8.83 Å². The van der Waals surface area contributed by atoms with E-state index in [1.807, 2.05) is 36.4 Å². The summed E-state index contributed by atoms with van der Waals surface area (Å²) in [6.45, 7) is 6.54. The van der Waals surface area contributed by atoms with Crippen molar-refractivity contribution in [3.05, 3.63) is 188 Å². The molecule has 0 aliphatic rings. The summed E-state index contributed by atoms with van der Waals surface area (Å²) in [7, 11) is 0. The molecule has 0 bridgehead atoms. The van der Waals surface area contributed by atoms with E-state index >= 15 is 0 Å². The number of furan rings is 2. The molecule has 0 amide bonds. The quantitative estimate of drug-likeness (QED) is 0.162. The zero-order chi connectivity index (χ0) is 33.6. The van der Waals surface area contributed by atoms with Gasteiger partial charge in [0, 0.05) is 44.2 Å². The van der Waals surface area contributed by atoms with Gasteiger partial charge in [-0.2, -0.15) is 0 Å². The molecule has 0 saturated carbocycles. The van der Waals surface area contributed by atoms with Crippen LogP contribution in [0.25, 0.3) is 71.3 Å². The maximum Gasteiger partial charge on any atom is 0.143 e. The first-order valence-corrected chi connectivity index (χ1v) is 16.9. The van der Waals surface area contributed by atoms with Gasteiger partial charge in [0.2, 0.25) is 0 Å². The number of nitrogens with zero attached hydrogens (tertiary/aromatic N) is 1. The second-order valence-electron chi connectivity index (χ2n) is 12.6. The molecule has 238 valence electrons. The van der Waals surface area contributed by atoms with Crippen molar-refractivity contribution in [1.29, 1.82) is 0 Å². The van der Waals surface area contributed by atoms with E-state index in [0.717, 1.165) is 83.2 Å². The van der Waals surface area contributed by atoms with Crippen LogP contribution in [0.3, 0.4) is 0 Å². The Bertz CT molecular complexity index is 2790. The highest BCUT2D eigenvalue weighted by Gasteiger charge is 2.16. The minimum Gasteiger partial charge on any atom is -0.456 e. The molecule has 3 heteroatoms. The van der Waals surface area contributed by atoms with Gasteiger partial charge in [0.05, 0.1) is 0 Å². The highest BCUT2D eigenvalue weighted by atomic mass is 16.3. The average Bonchev–Trinajstić information content (AvgIpc) is 3.74. The zero-order valence-corrected chi connectivity index (χ0v) is 27.6. The topological polar surface area (TPSA) is 29.5 Å². The maximum atomic E-state index is 6.37. The number of allylic oxidation sites excluding steroid dienone is 4. The SMILES string of the molecule is C=C(/C=C\C(=C/C)N(c1ccc(-c2cccc3c2oc2ccccc23)cc1)c1ccc2ccccc2c1)c1ccc2oc3ccccc3c2c1. The number of fused-ring (bicyclic) bond motifs is 7. The molecule has 50 heavy (non-hydrogen) atoms. The lowest BCUT2D eigenvalue weighted by Crippen LogP contribution is -2.15. The van der Waals surface area contributed by atoms with Crippen molar-refractivity contribution in [3.8, 4) is 11.1 Å². The Labute approximate surface area is 290 Å². The monoisotopic (exact) mass is 643 g/mol. The standard InChI is InChI=1S/C47H33NO2/c1-3-36(24-19-31(2)34-23-28-46-43(30-34)41-14-7-8-17-44(41)49-46)48(38-27-20-32-11-4-5-12-35(32)29-38)37-25-21-33(22-26-37)39-15-10-16-42-40-13-6-9-18-45(40)50-47(39)42/h3-30H,2H2,1H3/b24-19-,36-3+. The molecule has 0 N–H and O–H groups in total. The number of rotatable bonds is 7. The summed E-state index contributed by atoms with van der Waals surface area (Å²) in [5.74, 6) is 0. The van der Waals surface area contributed by atoms with Gasteiger partial charge in [-0.05, 0) is 89.0 Å². The molecule has 9 rings (SSSR count). The highest BCUT2D eigenvalue weighted by Crippen LogP contribution is 2.39. The molecule has 0 atom stereocenters. The fourth-order valence-corrected chi connectivity index (χ4v) is 7.04. The van der Waals surface area contributed by atoms with Gasteiger partial charge in [-0.25, -0.2) is 0 Å². The molecule has 0 radical (unpaired) electrons. The van der Waals surface area contributed by atoms with E-state index in [4.69, 9.17) is 8.83 Å². The van der Waals surface area contributed by atoms with E-state index in [2.05, 4.69) is 152 Å². The van der Waals surface area contributed by atoms with Crippen LogP contribution < -0.4 is 4.90 Å².